The summed E-state index contributed by atoms with van der Waals surface area (Å²) in [4.78, 5) is 34.1. The van der Waals surface area contributed by atoms with Gasteiger partial charge in [0, 0.05) is 13.1 Å². The summed E-state index contributed by atoms with van der Waals surface area (Å²) >= 11 is 0. The number of carbonyl (C=O) groups excluding carboxylic acids is 1. The molecule has 10 nitrogen and oxygen atoms in total. The number of amides is 1. The molecule has 1 aliphatic rings. The fraction of sp³-hybridized carbons (Fsp3) is 0.545. The van der Waals surface area contributed by atoms with E-state index in [0.717, 1.165) is 6.20 Å². The van der Waals surface area contributed by atoms with Gasteiger partial charge in [0.2, 0.25) is 5.91 Å². The van der Waals surface area contributed by atoms with Crippen molar-refractivity contribution in [3.63, 3.8) is 0 Å². The zero-order chi connectivity index (χ0) is 15.4. The summed E-state index contributed by atoms with van der Waals surface area (Å²) in [5.41, 5.74) is -0.187. The van der Waals surface area contributed by atoms with Crippen LogP contribution in [0.3, 0.4) is 0 Å². The number of carbonyl (C=O) groups is 2. The lowest BCUT2D eigenvalue weighted by Crippen LogP contribution is -2.47. The van der Waals surface area contributed by atoms with Crippen LogP contribution >= 0.6 is 0 Å². The lowest BCUT2D eigenvalue weighted by molar-refractivity contribution is -0.385. The van der Waals surface area contributed by atoms with Crippen molar-refractivity contribution in [2.24, 2.45) is 0 Å². The highest BCUT2D eigenvalue weighted by Crippen LogP contribution is 2.11. The Morgan fingerprint density at radius 2 is 2.33 bits per heavy atom. The number of carboxylic acid groups (broad SMARTS) is 1. The third-order valence-electron chi connectivity index (χ3n) is 3.02. The maximum absolute atomic E-state index is 12.1. The van der Waals surface area contributed by atoms with Crippen LogP contribution in [0, 0.1) is 10.1 Å². The Morgan fingerprint density at radius 3 is 2.95 bits per heavy atom. The number of nitrogens with zero attached hydrogens (tertiary/aromatic N) is 4. The molecule has 0 saturated carbocycles. The molecule has 21 heavy (non-hydrogen) atoms. The molecule has 1 aromatic heterocycles. The van der Waals surface area contributed by atoms with Gasteiger partial charge in [0.25, 0.3) is 0 Å². The summed E-state index contributed by atoms with van der Waals surface area (Å²) in [7, 11) is 0. The van der Waals surface area contributed by atoms with Crippen LogP contribution in [-0.4, -0.2) is 62.4 Å². The average molecular weight is 298 g/mol. The molecular weight excluding hydrogens is 284 g/mol. The Bertz CT molecular complexity index is 557. The van der Waals surface area contributed by atoms with Crippen molar-refractivity contribution in [1.29, 1.82) is 0 Å². The summed E-state index contributed by atoms with van der Waals surface area (Å²) in [6, 6.07) is 0. The second-order valence-corrected chi connectivity index (χ2v) is 4.58. The molecule has 1 fully saturated rings. The fourth-order valence-electron chi connectivity index (χ4n) is 2.04. The lowest BCUT2D eigenvalue weighted by atomic mass is 10.2. The zero-order valence-corrected chi connectivity index (χ0v) is 11.0. The number of aliphatic carboxylic acids is 1. The Kier molecular flexibility index (Phi) is 4.48. The second kappa shape index (κ2) is 6.31. The van der Waals surface area contributed by atoms with Gasteiger partial charge in [0.1, 0.15) is 18.9 Å². The quantitative estimate of drug-likeness (QED) is 0.572. The average Bonchev–Trinajstić information content (AvgIpc) is 2.87. The van der Waals surface area contributed by atoms with E-state index in [1.807, 2.05) is 0 Å². The number of morpholine rings is 1. The molecule has 10 heteroatoms. The van der Waals surface area contributed by atoms with Crippen molar-refractivity contribution in [3.05, 3.63) is 22.5 Å². The predicted molar refractivity (Wildman–Crippen MR) is 67.5 cm³/mol. The van der Waals surface area contributed by atoms with E-state index in [1.54, 1.807) is 0 Å². The van der Waals surface area contributed by atoms with Gasteiger partial charge in [0.15, 0.2) is 0 Å². The molecule has 0 radical (unpaired) electrons. The van der Waals surface area contributed by atoms with Crippen LogP contribution < -0.4 is 0 Å². The van der Waals surface area contributed by atoms with E-state index in [2.05, 4.69) is 5.10 Å². The molecule has 114 valence electrons. The van der Waals surface area contributed by atoms with Crippen molar-refractivity contribution in [3.8, 4) is 0 Å². The van der Waals surface area contributed by atoms with Gasteiger partial charge in [-0.2, -0.15) is 5.10 Å². The molecule has 0 spiro atoms. The van der Waals surface area contributed by atoms with Crippen molar-refractivity contribution in [2.45, 2.75) is 19.1 Å². The summed E-state index contributed by atoms with van der Waals surface area (Å²) < 4.78 is 6.45. The largest absolute Gasteiger partial charge is 0.481 e. The first-order valence-corrected chi connectivity index (χ1v) is 6.23. The minimum atomic E-state index is -0.989. The highest BCUT2D eigenvalue weighted by atomic mass is 16.6. The number of rotatable bonds is 5. The van der Waals surface area contributed by atoms with E-state index < -0.39 is 17.0 Å². The summed E-state index contributed by atoms with van der Waals surface area (Å²) in [6.07, 6.45) is 1.54. The van der Waals surface area contributed by atoms with Crippen molar-refractivity contribution >= 4 is 17.6 Å². The Morgan fingerprint density at radius 1 is 1.57 bits per heavy atom. The first kappa shape index (κ1) is 14.9. The van der Waals surface area contributed by atoms with E-state index in [4.69, 9.17) is 9.84 Å². The van der Waals surface area contributed by atoms with E-state index in [0.29, 0.717) is 6.54 Å². The molecule has 1 atom stereocenters. The summed E-state index contributed by atoms with van der Waals surface area (Å²) in [5.74, 6) is -1.27. The molecule has 0 aliphatic carbocycles. The van der Waals surface area contributed by atoms with Crippen LogP contribution in [0.1, 0.15) is 6.42 Å². The van der Waals surface area contributed by atoms with Gasteiger partial charge in [-0.25, -0.2) is 0 Å². The normalized spacial score (nSPS) is 18.5. The maximum atomic E-state index is 12.1. The van der Waals surface area contributed by atoms with Gasteiger partial charge in [-0.1, -0.05) is 0 Å². The molecule has 1 N–H and O–H groups in total. The Hall–Kier alpha value is -2.49. The maximum Gasteiger partial charge on any atom is 0.307 e. The second-order valence-electron chi connectivity index (χ2n) is 4.58. The zero-order valence-electron chi connectivity index (χ0n) is 11.0. The highest BCUT2D eigenvalue weighted by Gasteiger charge is 2.26. The first-order valence-electron chi connectivity index (χ1n) is 6.23. The van der Waals surface area contributed by atoms with Gasteiger partial charge in [-0.15, -0.1) is 0 Å². The number of aromatic nitrogens is 2. The Labute approximate surface area is 119 Å². The van der Waals surface area contributed by atoms with Crippen LogP contribution in [-0.2, 0) is 20.9 Å². The van der Waals surface area contributed by atoms with Crippen LogP contribution in [0.25, 0.3) is 0 Å². The summed E-state index contributed by atoms with van der Waals surface area (Å²) in [5, 5.41) is 23.0. The topological polar surface area (TPSA) is 128 Å². The Balaban J connectivity index is 1.92. The molecule has 1 amide bonds. The number of carboxylic acids is 1. The molecule has 0 bridgehead atoms. The number of hydrogen-bond donors (Lipinski definition) is 1. The molecular formula is C11H14N4O6. The molecule has 1 saturated heterocycles. The minimum Gasteiger partial charge on any atom is -0.481 e. The smallest absolute Gasteiger partial charge is 0.307 e. The third kappa shape index (κ3) is 3.99. The van der Waals surface area contributed by atoms with Crippen LogP contribution in [0.4, 0.5) is 5.69 Å². The van der Waals surface area contributed by atoms with Crippen LogP contribution in [0.2, 0.25) is 0 Å². The van der Waals surface area contributed by atoms with E-state index in [9.17, 15) is 19.7 Å². The number of ether oxygens (including phenoxy) is 1. The van der Waals surface area contributed by atoms with Crippen molar-refractivity contribution < 1.29 is 24.4 Å². The van der Waals surface area contributed by atoms with E-state index in [1.165, 1.54) is 15.8 Å². The van der Waals surface area contributed by atoms with E-state index in [-0.39, 0.29) is 37.7 Å². The van der Waals surface area contributed by atoms with Gasteiger partial charge in [0.05, 0.1) is 24.1 Å². The molecule has 1 unspecified atom stereocenters. The first-order chi connectivity index (χ1) is 9.95. The predicted octanol–water partition coefficient (Wildman–Crippen LogP) is -0.507. The SMILES string of the molecule is O=C(O)CC1CN(C(=O)Cn2cc([N+](=O)[O-])cn2)CCO1. The van der Waals surface area contributed by atoms with Crippen molar-refractivity contribution in [1.82, 2.24) is 14.7 Å². The molecule has 1 aliphatic heterocycles. The number of nitro groups is 1. The molecule has 0 aromatic carbocycles. The molecule has 2 heterocycles. The van der Waals surface area contributed by atoms with E-state index >= 15 is 0 Å². The number of hydrogen-bond acceptors (Lipinski definition) is 6. The summed E-state index contributed by atoms with van der Waals surface area (Å²) in [6.45, 7) is 0.684. The van der Waals surface area contributed by atoms with Gasteiger partial charge >= 0.3 is 11.7 Å². The van der Waals surface area contributed by atoms with Crippen LogP contribution in [0.5, 0.6) is 0 Å². The van der Waals surface area contributed by atoms with Gasteiger partial charge in [-0.05, 0) is 0 Å². The van der Waals surface area contributed by atoms with Gasteiger partial charge in [-0.3, -0.25) is 24.4 Å². The standard InChI is InChI=1S/C11H14N4O6/c16-10(7-14-5-8(4-12-14)15(19)20)13-1-2-21-9(6-13)3-11(17)18/h4-5,9H,1-3,6-7H2,(H,17,18). The lowest BCUT2D eigenvalue weighted by Gasteiger charge is -2.32. The third-order valence-corrected chi connectivity index (χ3v) is 3.02. The van der Waals surface area contributed by atoms with Crippen molar-refractivity contribution in [2.75, 3.05) is 19.7 Å². The highest BCUT2D eigenvalue weighted by molar-refractivity contribution is 5.76. The van der Waals surface area contributed by atoms with Gasteiger partial charge < -0.3 is 14.7 Å². The van der Waals surface area contributed by atoms with Crippen LogP contribution in [0.15, 0.2) is 12.4 Å². The molecule has 1 aromatic rings. The fourth-order valence-corrected chi connectivity index (χ4v) is 2.04. The monoisotopic (exact) mass is 298 g/mol. The minimum absolute atomic E-state index is 0.131. The molecule has 2 rings (SSSR count).